The van der Waals surface area contributed by atoms with Crippen molar-refractivity contribution in [2.75, 3.05) is 26.6 Å². The van der Waals surface area contributed by atoms with E-state index in [4.69, 9.17) is 19.9 Å². The highest BCUT2D eigenvalue weighted by atomic mass is 16.5. The van der Waals surface area contributed by atoms with Crippen LogP contribution < -0.4 is 25.3 Å². The van der Waals surface area contributed by atoms with Crippen molar-refractivity contribution in [3.8, 4) is 17.2 Å². The molecule has 1 fully saturated rings. The molecule has 1 aliphatic carbocycles. The Kier molecular flexibility index (Phi) is 4.37. The number of ether oxygens (including phenoxy) is 3. The Hall–Kier alpha value is -1.62. The fraction of sp³-hybridized carbons (Fsp3) is 0.571. The van der Waals surface area contributed by atoms with E-state index in [1.807, 2.05) is 12.1 Å². The van der Waals surface area contributed by atoms with Crippen LogP contribution in [-0.2, 0) is 0 Å². The second-order valence-electron chi connectivity index (χ2n) is 4.75. The summed E-state index contributed by atoms with van der Waals surface area (Å²) in [5, 5.41) is 3.45. The van der Waals surface area contributed by atoms with Crippen LogP contribution in [0.25, 0.3) is 0 Å². The van der Waals surface area contributed by atoms with Crippen LogP contribution in [0.1, 0.15) is 19.3 Å². The summed E-state index contributed by atoms with van der Waals surface area (Å²) in [5.41, 5.74) is 6.98. The Morgan fingerprint density at radius 1 is 1.00 bits per heavy atom. The second kappa shape index (κ2) is 6.02. The van der Waals surface area contributed by atoms with E-state index in [2.05, 4.69) is 5.32 Å². The first-order chi connectivity index (χ1) is 9.19. The van der Waals surface area contributed by atoms with Crippen LogP contribution in [0.4, 0.5) is 5.69 Å². The highest BCUT2D eigenvalue weighted by Crippen LogP contribution is 2.38. The molecule has 0 bridgehead atoms. The molecule has 0 heterocycles. The van der Waals surface area contributed by atoms with Gasteiger partial charge in [0.15, 0.2) is 11.5 Å². The molecule has 5 heteroatoms. The molecule has 2 atom stereocenters. The van der Waals surface area contributed by atoms with Gasteiger partial charge in [-0.3, -0.25) is 0 Å². The van der Waals surface area contributed by atoms with Gasteiger partial charge in [-0.05, 0) is 19.3 Å². The van der Waals surface area contributed by atoms with Crippen molar-refractivity contribution in [3.05, 3.63) is 12.1 Å². The Bertz CT molecular complexity index is 437. The van der Waals surface area contributed by atoms with Gasteiger partial charge in [0.2, 0.25) is 0 Å². The minimum absolute atomic E-state index is 0.192. The second-order valence-corrected chi connectivity index (χ2v) is 4.75. The molecule has 19 heavy (non-hydrogen) atoms. The molecule has 0 saturated heterocycles. The van der Waals surface area contributed by atoms with E-state index in [1.165, 1.54) is 0 Å². The van der Waals surface area contributed by atoms with Crippen molar-refractivity contribution in [2.45, 2.75) is 31.3 Å². The number of benzene rings is 1. The average Bonchev–Trinajstić information content (AvgIpc) is 2.83. The lowest BCUT2D eigenvalue weighted by Gasteiger charge is -2.21. The lowest BCUT2D eigenvalue weighted by atomic mass is 10.1. The Balaban J connectivity index is 2.27. The molecule has 2 unspecified atom stereocenters. The molecule has 0 spiro atoms. The summed E-state index contributed by atoms with van der Waals surface area (Å²) in [6, 6.07) is 4.19. The number of rotatable bonds is 5. The third-order valence-corrected chi connectivity index (χ3v) is 3.62. The monoisotopic (exact) mass is 266 g/mol. The molecular weight excluding hydrogens is 244 g/mol. The minimum Gasteiger partial charge on any atom is -0.494 e. The van der Waals surface area contributed by atoms with Crippen LogP contribution in [-0.4, -0.2) is 33.4 Å². The van der Waals surface area contributed by atoms with Crippen LogP contribution in [0.15, 0.2) is 12.1 Å². The lowest BCUT2D eigenvalue weighted by molar-refractivity contribution is 0.349. The fourth-order valence-electron chi connectivity index (χ4n) is 2.51. The lowest BCUT2D eigenvalue weighted by Crippen LogP contribution is -2.35. The predicted molar refractivity (Wildman–Crippen MR) is 75.3 cm³/mol. The molecule has 106 valence electrons. The molecule has 0 aliphatic heterocycles. The SMILES string of the molecule is COc1cc(OC)c(OC)cc1NC1CCCC1N. The summed E-state index contributed by atoms with van der Waals surface area (Å²) in [7, 11) is 4.87. The van der Waals surface area contributed by atoms with E-state index in [1.54, 1.807) is 21.3 Å². The Morgan fingerprint density at radius 3 is 2.16 bits per heavy atom. The number of anilines is 1. The predicted octanol–water partition coefficient (Wildman–Crippen LogP) is 2.00. The van der Waals surface area contributed by atoms with Gasteiger partial charge in [0.1, 0.15) is 5.75 Å². The maximum absolute atomic E-state index is 6.09. The van der Waals surface area contributed by atoms with Crippen molar-refractivity contribution in [3.63, 3.8) is 0 Å². The van der Waals surface area contributed by atoms with E-state index in [0.717, 1.165) is 30.7 Å². The van der Waals surface area contributed by atoms with E-state index in [9.17, 15) is 0 Å². The standard InChI is InChI=1S/C14H22N2O3/c1-17-12-8-14(19-3)13(18-2)7-11(12)16-10-6-4-5-9(10)15/h7-10,16H,4-6,15H2,1-3H3. The summed E-state index contributed by atoms with van der Waals surface area (Å²) in [6.45, 7) is 0. The third-order valence-electron chi connectivity index (χ3n) is 3.62. The molecule has 1 aromatic carbocycles. The highest BCUT2D eigenvalue weighted by Gasteiger charge is 2.25. The Labute approximate surface area is 114 Å². The van der Waals surface area contributed by atoms with Crippen molar-refractivity contribution < 1.29 is 14.2 Å². The molecular formula is C14H22N2O3. The first kappa shape index (κ1) is 13.8. The smallest absolute Gasteiger partial charge is 0.164 e. The maximum atomic E-state index is 6.09. The van der Waals surface area contributed by atoms with Gasteiger partial charge in [0, 0.05) is 24.2 Å². The number of methoxy groups -OCH3 is 3. The quantitative estimate of drug-likeness (QED) is 0.853. The van der Waals surface area contributed by atoms with Gasteiger partial charge in [0.25, 0.3) is 0 Å². The summed E-state index contributed by atoms with van der Waals surface area (Å²) in [4.78, 5) is 0. The fourth-order valence-corrected chi connectivity index (χ4v) is 2.51. The number of hydrogen-bond donors (Lipinski definition) is 2. The largest absolute Gasteiger partial charge is 0.494 e. The molecule has 0 radical (unpaired) electrons. The van der Waals surface area contributed by atoms with Crippen LogP contribution in [0.5, 0.6) is 17.2 Å². The van der Waals surface area contributed by atoms with Gasteiger partial charge in [-0.25, -0.2) is 0 Å². The summed E-state index contributed by atoms with van der Waals surface area (Å²) >= 11 is 0. The zero-order valence-electron chi connectivity index (χ0n) is 11.7. The summed E-state index contributed by atoms with van der Waals surface area (Å²) in [5.74, 6) is 2.06. The van der Waals surface area contributed by atoms with Crippen LogP contribution in [0, 0.1) is 0 Å². The van der Waals surface area contributed by atoms with Gasteiger partial charge < -0.3 is 25.3 Å². The van der Waals surface area contributed by atoms with Gasteiger partial charge in [0.05, 0.1) is 27.0 Å². The first-order valence-corrected chi connectivity index (χ1v) is 6.51. The number of hydrogen-bond acceptors (Lipinski definition) is 5. The molecule has 0 aromatic heterocycles. The maximum Gasteiger partial charge on any atom is 0.164 e. The zero-order valence-corrected chi connectivity index (χ0v) is 11.7. The number of nitrogens with two attached hydrogens (primary N) is 1. The number of nitrogens with one attached hydrogen (secondary N) is 1. The van der Waals surface area contributed by atoms with Gasteiger partial charge in [-0.2, -0.15) is 0 Å². The topological polar surface area (TPSA) is 65.7 Å². The Morgan fingerprint density at radius 2 is 1.63 bits per heavy atom. The van der Waals surface area contributed by atoms with Crippen molar-refractivity contribution in [2.24, 2.45) is 5.73 Å². The normalized spacial score (nSPS) is 22.1. The molecule has 5 nitrogen and oxygen atoms in total. The molecule has 1 aliphatic rings. The molecule has 1 aromatic rings. The van der Waals surface area contributed by atoms with Crippen molar-refractivity contribution >= 4 is 5.69 Å². The molecule has 2 rings (SSSR count). The highest BCUT2D eigenvalue weighted by molar-refractivity contribution is 5.65. The van der Waals surface area contributed by atoms with E-state index in [0.29, 0.717) is 11.5 Å². The van der Waals surface area contributed by atoms with Gasteiger partial charge in [-0.1, -0.05) is 0 Å². The minimum atomic E-state index is 0.192. The van der Waals surface area contributed by atoms with Crippen molar-refractivity contribution in [1.82, 2.24) is 0 Å². The zero-order chi connectivity index (χ0) is 13.8. The third kappa shape index (κ3) is 2.87. The van der Waals surface area contributed by atoms with Crippen LogP contribution in [0.3, 0.4) is 0 Å². The van der Waals surface area contributed by atoms with Crippen LogP contribution in [0.2, 0.25) is 0 Å². The first-order valence-electron chi connectivity index (χ1n) is 6.51. The summed E-state index contributed by atoms with van der Waals surface area (Å²) in [6.07, 6.45) is 3.31. The van der Waals surface area contributed by atoms with E-state index < -0.39 is 0 Å². The molecule has 3 N–H and O–H groups in total. The van der Waals surface area contributed by atoms with Crippen LogP contribution >= 0.6 is 0 Å². The summed E-state index contributed by atoms with van der Waals surface area (Å²) < 4.78 is 16.0. The average molecular weight is 266 g/mol. The van der Waals surface area contributed by atoms with E-state index in [-0.39, 0.29) is 12.1 Å². The van der Waals surface area contributed by atoms with Crippen molar-refractivity contribution in [1.29, 1.82) is 0 Å². The molecule has 0 amide bonds. The van der Waals surface area contributed by atoms with Gasteiger partial charge >= 0.3 is 0 Å². The molecule has 1 saturated carbocycles. The van der Waals surface area contributed by atoms with Gasteiger partial charge in [-0.15, -0.1) is 0 Å². The van der Waals surface area contributed by atoms with E-state index >= 15 is 0 Å².